The van der Waals surface area contributed by atoms with Crippen LogP contribution in [0, 0.1) is 6.92 Å². The first-order chi connectivity index (χ1) is 13.1. The van der Waals surface area contributed by atoms with Gasteiger partial charge in [-0.3, -0.25) is 4.79 Å². The molecule has 27 heavy (non-hydrogen) atoms. The molecule has 0 spiro atoms. The molecule has 0 fully saturated rings. The Kier molecular flexibility index (Phi) is 4.30. The molecule has 6 nitrogen and oxygen atoms in total. The monoisotopic (exact) mass is 360 g/mol. The van der Waals surface area contributed by atoms with Crippen molar-refractivity contribution < 1.29 is 18.7 Å². The van der Waals surface area contributed by atoms with Gasteiger partial charge in [-0.1, -0.05) is 18.2 Å². The van der Waals surface area contributed by atoms with Gasteiger partial charge in [-0.15, -0.1) is 0 Å². The number of esters is 1. The highest BCUT2D eigenvalue weighted by atomic mass is 16.5. The molecule has 0 radical (unpaired) electrons. The molecule has 0 saturated heterocycles. The number of fused-ring (bicyclic) bond motifs is 1. The fraction of sp³-hybridized carbons (Fsp3) is 0.0952. The van der Waals surface area contributed by atoms with Crippen molar-refractivity contribution in [1.82, 2.24) is 9.78 Å². The average molecular weight is 360 g/mol. The first-order valence-corrected chi connectivity index (χ1v) is 8.42. The second kappa shape index (κ2) is 6.92. The summed E-state index contributed by atoms with van der Waals surface area (Å²) in [6.07, 6.45) is 3.48. The predicted molar refractivity (Wildman–Crippen MR) is 99.1 cm³/mol. The molecule has 4 aromatic rings. The van der Waals surface area contributed by atoms with Gasteiger partial charge in [-0.25, -0.2) is 9.48 Å². The van der Waals surface area contributed by atoms with Crippen LogP contribution >= 0.6 is 0 Å². The summed E-state index contributed by atoms with van der Waals surface area (Å²) in [5, 5.41) is 5.00. The van der Waals surface area contributed by atoms with E-state index in [4.69, 9.17) is 9.15 Å². The summed E-state index contributed by atoms with van der Waals surface area (Å²) in [5.74, 6) is -0.715. The van der Waals surface area contributed by atoms with E-state index < -0.39 is 5.97 Å². The molecule has 0 amide bonds. The SMILES string of the molecule is Cc1c(C(=O)COC(=O)c2ccc(-n3cccn3)cc2)oc2ccccc12. The van der Waals surface area contributed by atoms with Gasteiger partial charge in [0.1, 0.15) is 5.58 Å². The number of hydrogen-bond donors (Lipinski definition) is 0. The van der Waals surface area contributed by atoms with Gasteiger partial charge in [0.2, 0.25) is 5.78 Å². The molecule has 0 saturated carbocycles. The molecule has 0 aliphatic heterocycles. The summed E-state index contributed by atoms with van der Waals surface area (Å²) >= 11 is 0. The van der Waals surface area contributed by atoms with Crippen LogP contribution in [0.4, 0.5) is 0 Å². The number of ketones is 1. The van der Waals surface area contributed by atoms with Gasteiger partial charge in [0.25, 0.3) is 0 Å². The Balaban J connectivity index is 1.44. The molecule has 0 aliphatic carbocycles. The third kappa shape index (κ3) is 3.25. The summed E-state index contributed by atoms with van der Waals surface area (Å²) in [4.78, 5) is 24.6. The highest BCUT2D eigenvalue weighted by molar-refractivity contribution is 6.02. The highest BCUT2D eigenvalue weighted by Crippen LogP contribution is 2.25. The van der Waals surface area contributed by atoms with Crippen molar-refractivity contribution in [1.29, 1.82) is 0 Å². The smallest absolute Gasteiger partial charge is 0.338 e. The lowest BCUT2D eigenvalue weighted by Gasteiger charge is -2.05. The minimum absolute atomic E-state index is 0.220. The lowest BCUT2D eigenvalue weighted by Crippen LogP contribution is -2.14. The minimum Gasteiger partial charge on any atom is -0.454 e. The molecule has 2 aromatic carbocycles. The third-order valence-corrected chi connectivity index (χ3v) is 4.30. The molecule has 0 aliphatic rings. The number of furan rings is 1. The topological polar surface area (TPSA) is 74.3 Å². The van der Waals surface area contributed by atoms with Gasteiger partial charge in [0.05, 0.1) is 11.3 Å². The molecular weight excluding hydrogens is 344 g/mol. The van der Waals surface area contributed by atoms with Gasteiger partial charge in [0, 0.05) is 23.3 Å². The van der Waals surface area contributed by atoms with Gasteiger partial charge >= 0.3 is 5.97 Å². The highest BCUT2D eigenvalue weighted by Gasteiger charge is 2.19. The molecule has 0 N–H and O–H groups in total. The Morgan fingerprint density at radius 3 is 2.56 bits per heavy atom. The van der Waals surface area contributed by atoms with Crippen molar-refractivity contribution in [2.24, 2.45) is 0 Å². The van der Waals surface area contributed by atoms with E-state index >= 15 is 0 Å². The maximum atomic E-state index is 12.4. The molecule has 0 bridgehead atoms. The largest absolute Gasteiger partial charge is 0.454 e. The number of Topliss-reactive ketones (excluding diaryl/α,β-unsaturated/α-hetero) is 1. The van der Waals surface area contributed by atoms with Crippen molar-refractivity contribution in [3.05, 3.63) is 83.9 Å². The predicted octanol–water partition coefficient (Wildman–Crippen LogP) is 3.97. The Morgan fingerprint density at radius 2 is 1.85 bits per heavy atom. The van der Waals surface area contributed by atoms with Gasteiger partial charge in [-0.05, 0) is 43.3 Å². The second-order valence-electron chi connectivity index (χ2n) is 6.05. The lowest BCUT2D eigenvalue weighted by molar-refractivity contribution is 0.0468. The number of hydrogen-bond acceptors (Lipinski definition) is 5. The fourth-order valence-electron chi connectivity index (χ4n) is 2.89. The molecular formula is C21H16N2O4. The third-order valence-electron chi connectivity index (χ3n) is 4.30. The summed E-state index contributed by atoms with van der Waals surface area (Å²) < 4.78 is 12.4. The van der Waals surface area contributed by atoms with Crippen LogP contribution in [-0.4, -0.2) is 28.1 Å². The van der Waals surface area contributed by atoms with E-state index in [-0.39, 0.29) is 18.2 Å². The normalized spacial score (nSPS) is 10.9. The van der Waals surface area contributed by atoms with Crippen LogP contribution in [0.1, 0.15) is 26.5 Å². The van der Waals surface area contributed by atoms with Crippen molar-refractivity contribution in [3.63, 3.8) is 0 Å². The van der Waals surface area contributed by atoms with Crippen molar-refractivity contribution in [3.8, 4) is 5.69 Å². The maximum Gasteiger partial charge on any atom is 0.338 e. The number of rotatable bonds is 5. The molecule has 6 heteroatoms. The minimum atomic E-state index is -0.566. The summed E-state index contributed by atoms with van der Waals surface area (Å²) in [6.45, 7) is 1.44. The van der Waals surface area contributed by atoms with Crippen LogP contribution in [-0.2, 0) is 4.74 Å². The Morgan fingerprint density at radius 1 is 1.07 bits per heavy atom. The molecule has 134 valence electrons. The maximum absolute atomic E-state index is 12.4. The number of carbonyl (C=O) groups excluding carboxylic acids is 2. The molecule has 2 aromatic heterocycles. The lowest BCUT2D eigenvalue weighted by atomic mass is 10.1. The van der Waals surface area contributed by atoms with E-state index in [0.717, 1.165) is 16.6 Å². The number of aryl methyl sites for hydroxylation is 1. The first-order valence-electron chi connectivity index (χ1n) is 8.42. The van der Waals surface area contributed by atoms with Gasteiger partial charge in [0.15, 0.2) is 12.4 Å². The molecule has 2 heterocycles. The number of benzene rings is 2. The van der Waals surface area contributed by atoms with E-state index in [1.54, 1.807) is 41.2 Å². The van der Waals surface area contributed by atoms with Crippen LogP contribution in [0.5, 0.6) is 0 Å². The van der Waals surface area contributed by atoms with Crippen molar-refractivity contribution >= 4 is 22.7 Å². The van der Waals surface area contributed by atoms with Crippen LogP contribution in [0.3, 0.4) is 0 Å². The van der Waals surface area contributed by atoms with Crippen molar-refractivity contribution in [2.75, 3.05) is 6.61 Å². The average Bonchev–Trinajstić information content (AvgIpc) is 3.35. The Hall–Kier alpha value is -3.67. The number of ether oxygens (including phenoxy) is 1. The van der Waals surface area contributed by atoms with E-state index in [1.165, 1.54) is 0 Å². The van der Waals surface area contributed by atoms with Crippen molar-refractivity contribution in [2.45, 2.75) is 6.92 Å². The quantitative estimate of drug-likeness (QED) is 0.398. The number of nitrogens with zero attached hydrogens (tertiary/aromatic N) is 2. The zero-order valence-electron chi connectivity index (χ0n) is 14.6. The van der Waals surface area contributed by atoms with E-state index in [1.807, 2.05) is 37.4 Å². The molecule has 0 atom stereocenters. The van der Waals surface area contributed by atoms with E-state index in [2.05, 4.69) is 5.10 Å². The second-order valence-corrected chi connectivity index (χ2v) is 6.05. The molecule has 4 rings (SSSR count). The zero-order valence-corrected chi connectivity index (χ0v) is 14.6. The first kappa shape index (κ1) is 16.8. The number of para-hydroxylation sites is 1. The zero-order chi connectivity index (χ0) is 18.8. The van der Waals surface area contributed by atoms with Crippen LogP contribution < -0.4 is 0 Å². The molecule has 0 unspecified atom stereocenters. The summed E-state index contributed by atoms with van der Waals surface area (Å²) in [6, 6.07) is 16.0. The number of aromatic nitrogens is 2. The van der Waals surface area contributed by atoms with Crippen LogP contribution in [0.2, 0.25) is 0 Å². The summed E-state index contributed by atoms with van der Waals surface area (Å²) in [5.41, 5.74) is 2.57. The van der Waals surface area contributed by atoms with Crippen LogP contribution in [0.25, 0.3) is 16.7 Å². The fourth-order valence-corrected chi connectivity index (χ4v) is 2.89. The Bertz CT molecular complexity index is 1110. The standard InChI is InChI=1S/C21H16N2O4/c1-14-17-5-2-3-6-19(17)27-20(14)18(24)13-26-21(25)15-7-9-16(10-8-15)23-12-4-11-22-23/h2-12H,13H2,1H3. The summed E-state index contributed by atoms with van der Waals surface area (Å²) in [7, 11) is 0. The van der Waals surface area contributed by atoms with Gasteiger partial charge in [-0.2, -0.15) is 5.10 Å². The van der Waals surface area contributed by atoms with Gasteiger partial charge < -0.3 is 9.15 Å². The Labute approximate surface area is 155 Å². The van der Waals surface area contributed by atoms with Crippen LogP contribution in [0.15, 0.2) is 71.4 Å². The number of carbonyl (C=O) groups is 2. The van der Waals surface area contributed by atoms with E-state index in [0.29, 0.717) is 11.1 Å². The van der Waals surface area contributed by atoms with E-state index in [9.17, 15) is 9.59 Å².